The molecule has 0 fully saturated rings. The summed E-state index contributed by atoms with van der Waals surface area (Å²) in [5.74, 6) is 0.231. The first-order valence-electron chi connectivity index (χ1n) is 4.42. The number of carbonyl (C=O) groups is 1. The minimum Gasteiger partial charge on any atom is -0.508 e. The van der Waals surface area contributed by atoms with E-state index in [0.29, 0.717) is 0 Å². The first-order chi connectivity index (χ1) is 7.25. The highest BCUT2D eigenvalue weighted by molar-refractivity contribution is 5.93. The third-order valence-electron chi connectivity index (χ3n) is 1.95. The zero-order chi connectivity index (χ0) is 10.7. The number of nitrogens with zero attached hydrogens (tertiary/aromatic N) is 2. The van der Waals surface area contributed by atoms with Crippen LogP contribution < -0.4 is 0 Å². The van der Waals surface area contributed by atoms with Gasteiger partial charge in [-0.3, -0.25) is 9.89 Å². The van der Waals surface area contributed by atoms with Gasteiger partial charge in [-0.05, 0) is 17.7 Å². The van der Waals surface area contributed by atoms with Crippen LogP contribution in [-0.2, 0) is 6.42 Å². The number of H-pyrrole nitrogens is 1. The molecule has 76 valence electrons. The summed E-state index contributed by atoms with van der Waals surface area (Å²) < 4.78 is 0. The van der Waals surface area contributed by atoms with Crippen LogP contribution in [0.3, 0.4) is 0 Å². The van der Waals surface area contributed by atoms with Crippen molar-refractivity contribution in [2.45, 2.75) is 6.42 Å². The van der Waals surface area contributed by atoms with E-state index in [1.807, 2.05) is 0 Å². The average molecular weight is 203 g/mol. The van der Waals surface area contributed by atoms with E-state index >= 15 is 0 Å². The molecule has 0 amide bonds. The Balaban J connectivity index is 2.13. The van der Waals surface area contributed by atoms with E-state index in [4.69, 9.17) is 0 Å². The number of carbonyl (C=O) groups excluding carboxylic acids is 1. The summed E-state index contributed by atoms with van der Waals surface area (Å²) in [6, 6.07) is 6.57. The summed E-state index contributed by atoms with van der Waals surface area (Å²) in [5.41, 5.74) is 0.747. The summed E-state index contributed by atoms with van der Waals surface area (Å²) >= 11 is 0. The number of Topliss-reactive ketones (excluding diaryl/α,β-unsaturated/α-hetero) is 1. The van der Waals surface area contributed by atoms with Crippen molar-refractivity contribution >= 4 is 5.78 Å². The molecule has 0 bridgehead atoms. The minimum atomic E-state index is -0.155. The van der Waals surface area contributed by atoms with Crippen LogP contribution in [-0.4, -0.2) is 26.1 Å². The molecule has 2 rings (SSSR count). The van der Waals surface area contributed by atoms with Crippen molar-refractivity contribution in [3.05, 3.63) is 42.0 Å². The fraction of sp³-hybridized carbons (Fsp3) is 0.100. The molecule has 2 aromatic rings. The van der Waals surface area contributed by atoms with Crippen LogP contribution in [0.25, 0.3) is 0 Å². The Morgan fingerprint density at radius 1 is 1.47 bits per heavy atom. The second-order valence-corrected chi connectivity index (χ2v) is 3.10. The van der Waals surface area contributed by atoms with Gasteiger partial charge in [0.1, 0.15) is 12.1 Å². The number of aromatic hydroxyl groups is 1. The molecule has 0 spiro atoms. The molecule has 0 saturated heterocycles. The highest BCUT2D eigenvalue weighted by Gasteiger charge is 2.09. The van der Waals surface area contributed by atoms with Gasteiger partial charge in [-0.1, -0.05) is 12.1 Å². The number of ketones is 1. The van der Waals surface area contributed by atoms with E-state index in [-0.39, 0.29) is 23.8 Å². The molecule has 1 heterocycles. The summed E-state index contributed by atoms with van der Waals surface area (Å²) in [7, 11) is 0. The number of rotatable bonds is 3. The molecule has 0 saturated carbocycles. The number of aromatic amines is 1. The number of benzene rings is 1. The van der Waals surface area contributed by atoms with E-state index in [1.54, 1.807) is 24.3 Å². The van der Waals surface area contributed by atoms with Crippen molar-refractivity contribution in [3.63, 3.8) is 0 Å². The highest BCUT2D eigenvalue weighted by atomic mass is 16.3. The van der Waals surface area contributed by atoms with Crippen molar-refractivity contribution in [3.8, 4) is 5.75 Å². The number of nitrogens with one attached hydrogen (secondary N) is 1. The van der Waals surface area contributed by atoms with Gasteiger partial charge in [0.05, 0.1) is 0 Å². The summed E-state index contributed by atoms with van der Waals surface area (Å²) in [4.78, 5) is 15.3. The number of hydrogen-bond acceptors (Lipinski definition) is 4. The molecule has 0 aliphatic carbocycles. The topological polar surface area (TPSA) is 78.9 Å². The quantitative estimate of drug-likeness (QED) is 0.727. The Labute approximate surface area is 85.8 Å². The maximum atomic E-state index is 11.6. The minimum absolute atomic E-state index is 0.151. The third-order valence-corrected chi connectivity index (χ3v) is 1.95. The van der Waals surface area contributed by atoms with E-state index in [9.17, 15) is 9.90 Å². The molecule has 15 heavy (non-hydrogen) atoms. The van der Waals surface area contributed by atoms with Crippen molar-refractivity contribution in [2.24, 2.45) is 0 Å². The standard InChI is InChI=1S/C10H9N3O2/c14-8-3-1-2-7(4-8)5-9(15)10-11-6-12-13-10/h1-4,6,14H,5H2,(H,11,12,13). The number of phenolic OH excluding ortho intramolecular Hbond substituents is 1. The molecule has 0 radical (unpaired) electrons. The lowest BCUT2D eigenvalue weighted by atomic mass is 10.1. The average Bonchev–Trinajstić information content (AvgIpc) is 2.70. The van der Waals surface area contributed by atoms with Crippen molar-refractivity contribution < 1.29 is 9.90 Å². The fourth-order valence-corrected chi connectivity index (χ4v) is 1.28. The first-order valence-corrected chi connectivity index (χ1v) is 4.42. The predicted molar refractivity (Wildman–Crippen MR) is 52.5 cm³/mol. The van der Waals surface area contributed by atoms with Crippen molar-refractivity contribution in [1.82, 2.24) is 15.2 Å². The van der Waals surface area contributed by atoms with Gasteiger partial charge in [0.2, 0.25) is 5.78 Å². The first kappa shape index (κ1) is 9.39. The summed E-state index contributed by atoms with van der Waals surface area (Å²) in [6.07, 6.45) is 1.49. The zero-order valence-electron chi connectivity index (χ0n) is 7.84. The molecule has 5 heteroatoms. The van der Waals surface area contributed by atoms with Crippen LogP contribution >= 0.6 is 0 Å². The summed E-state index contributed by atoms with van der Waals surface area (Å²) in [5, 5.41) is 15.3. The van der Waals surface area contributed by atoms with Gasteiger partial charge >= 0.3 is 0 Å². The largest absolute Gasteiger partial charge is 0.508 e. The highest BCUT2D eigenvalue weighted by Crippen LogP contribution is 2.12. The van der Waals surface area contributed by atoms with Gasteiger partial charge in [-0.25, -0.2) is 4.98 Å². The smallest absolute Gasteiger partial charge is 0.203 e. The van der Waals surface area contributed by atoms with E-state index < -0.39 is 0 Å². The molecule has 0 atom stereocenters. The van der Waals surface area contributed by atoms with E-state index in [0.717, 1.165) is 5.56 Å². The normalized spacial score (nSPS) is 10.1. The van der Waals surface area contributed by atoms with Gasteiger partial charge in [0.25, 0.3) is 0 Å². The Bertz CT molecular complexity index is 465. The van der Waals surface area contributed by atoms with Gasteiger partial charge in [0.15, 0.2) is 5.82 Å². The van der Waals surface area contributed by atoms with Crippen LogP contribution in [0, 0.1) is 0 Å². The Hall–Kier alpha value is -2.17. The third kappa shape index (κ3) is 2.19. The molecule has 0 aliphatic heterocycles. The van der Waals surface area contributed by atoms with Crippen molar-refractivity contribution in [1.29, 1.82) is 0 Å². The van der Waals surface area contributed by atoms with E-state index in [2.05, 4.69) is 15.2 Å². The van der Waals surface area contributed by atoms with Crippen LogP contribution in [0.5, 0.6) is 5.75 Å². The maximum Gasteiger partial charge on any atom is 0.203 e. The Kier molecular flexibility index (Phi) is 2.45. The Morgan fingerprint density at radius 3 is 3.00 bits per heavy atom. The second-order valence-electron chi connectivity index (χ2n) is 3.10. The van der Waals surface area contributed by atoms with Gasteiger partial charge in [0, 0.05) is 6.42 Å². The number of phenols is 1. The SMILES string of the molecule is O=C(Cc1cccc(O)c1)c1ncn[nH]1. The van der Waals surface area contributed by atoms with Gasteiger partial charge < -0.3 is 5.11 Å². The number of aromatic nitrogens is 3. The molecular weight excluding hydrogens is 194 g/mol. The molecule has 1 aromatic heterocycles. The fourth-order valence-electron chi connectivity index (χ4n) is 1.28. The molecule has 2 N–H and O–H groups in total. The second kappa shape index (κ2) is 3.91. The lowest BCUT2D eigenvalue weighted by Crippen LogP contribution is -2.05. The lowest BCUT2D eigenvalue weighted by Gasteiger charge is -1.98. The molecular formula is C10H9N3O2. The Morgan fingerprint density at radius 2 is 2.33 bits per heavy atom. The van der Waals surface area contributed by atoms with Crippen LogP contribution in [0.1, 0.15) is 16.2 Å². The lowest BCUT2D eigenvalue weighted by molar-refractivity contribution is 0.0983. The van der Waals surface area contributed by atoms with Crippen LogP contribution in [0.2, 0.25) is 0 Å². The van der Waals surface area contributed by atoms with Gasteiger partial charge in [-0.2, -0.15) is 5.10 Å². The van der Waals surface area contributed by atoms with Crippen LogP contribution in [0.4, 0.5) is 0 Å². The monoisotopic (exact) mass is 203 g/mol. The summed E-state index contributed by atoms with van der Waals surface area (Å²) in [6.45, 7) is 0. The van der Waals surface area contributed by atoms with Crippen molar-refractivity contribution in [2.75, 3.05) is 0 Å². The van der Waals surface area contributed by atoms with Crippen LogP contribution in [0.15, 0.2) is 30.6 Å². The molecule has 1 aromatic carbocycles. The molecule has 5 nitrogen and oxygen atoms in total. The molecule has 0 unspecified atom stereocenters. The predicted octanol–water partition coefficient (Wildman–Crippen LogP) is 0.936. The van der Waals surface area contributed by atoms with E-state index in [1.165, 1.54) is 6.33 Å². The van der Waals surface area contributed by atoms with Gasteiger partial charge in [-0.15, -0.1) is 0 Å². The maximum absolute atomic E-state index is 11.6. The number of hydrogen-bond donors (Lipinski definition) is 2. The zero-order valence-corrected chi connectivity index (χ0v) is 7.84. The molecule has 0 aliphatic rings.